The monoisotopic (exact) mass is 793 g/mol. The van der Waals surface area contributed by atoms with Crippen molar-refractivity contribution in [3.63, 3.8) is 0 Å². The molecular weight excluding hydrogens is 721 g/mol. The molecule has 12 heteroatoms. The maximum absolute atomic E-state index is 12.6. The number of unbranched alkanes of at least 4 members (excludes halogenated alkanes) is 6. The van der Waals surface area contributed by atoms with Crippen molar-refractivity contribution in [2.45, 2.75) is 162 Å². The van der Waals surface area contributed by atoms with Crippen LogP contribution in [-0.2, 0) is 45.5 Å². The minimum absolute atomic E-state index is 0.0294. The van der Waals surface area contributed by atoms with E-state index in [0.717, 1.165) is 101 Å². The van der Waals surface area contributed by atoms with E-state index in [9.17, 15) is 24.2 Å². The lowest BCUT2D eigenvalue weighted by molar-refractivity contribution is -0.161. The maximum Gasteiger partial charge on any atom is 0.472 e. The Labute approximate surface area is 331 Å². The number of nitrogens with two attached hydrogens (primary N) is 1. The zero-order valence-electron chi connectivity index (χ0n) is 34.2. The SMILES string of the molecule is CCCc1oc(CCCCCCCCC(=O)OC[C@H](COP(=O)(O)OCCN)OC(=O)CCC/C=C\C/C=C\C/C=C\C/C=C\CC[C@H](O)CC)c(C)c1C. The second-order valence-corrected chi connectivity index (χ2v) is 15.3. The molecule has 0 aliphatic carbocycles. The zero-order valence-corrected chi connectivity index (χ0v) is 35.1. The summed E-state index contributed by atoms with van der Waals surface area (Å²) in [5, 5.41) is 9.56. The van der Waals surface area contributed by atoms with Crippen LogP contribution in [0.4, 0.5) is 0 Å². The zero-order chi connectivity index (χ0) is 40.6. The minimum atomic E-state index is -4.41. The third-order valence-corrected chi connectivity index (χ3v) is 10.0. The Bertz CT molecular complexity index is 1330. The molecule has 55 heavy (non-hydrogen) atoms. The number of hydrogen-bond donors (Lipinski definition) is 3. The summed E-state index contributed by atoms with van der Waals surface area (Å²) < 4.78 is 38.8. The van der Waals surface area contributed by atoms with Gasteiger partial charge >= 0.3 is 19.8 Å². The van der Waals surface area contributed by atoms with Crippen LogP contribution in [-0.4, -0.2) is 60.5 Å². The van der Waals surface area contributed by atoms with Crippen molar-refractivity contribution < 1.29 is 47.1 Å². The molecule has 0 aliphatic rings. The van der Waals surface area contributed by atoms with Crippen LogP contribution in [0.2, 0.25) is 0 Å². The van der Waals surface area contributed by atoms with E-state index in [1.54, 1.807) is 0 Å². The van der Waals surface area contributed by atoms with Crippen LogP contribution in [0.1, 0.15) is 146 Å². The smallest absolute Gasteiger partial charge is 0.466 e. The first kappa shape index (κ1) is 50.2. The van der Waals surface area contributed by atoms with Crippen LogP contribution in [0.3, 0.4) is 0 Å². The summed E-state index contributed by atoms with van der Waals surface area (Å²) >= 11 is 0. The highest BCUT2D eigenvalue weighted by Gasteiger charge is 2.26. The average molecular weight is 794 g/mol. The number of furan rings is 1. The quantitative estimate of drug-likeness (QED) is 0.0263. The average Bonchev–Trinajstić information content (AvgIpc) is 3.43. The van der Waals surface area contributed by atoms with Gasteiger partial charge in [0.2, 0.25) is 0 Å². The summed E-state index contributed by atoms with van der Waals surface area (Å²) in [5.74, 6) is 1.27. The van der Waals surface area contributed by atoms with Crippen LogP contribution in [0.15, 0.2) is 53.0 Å². The van der Waals surface area contributed by atoms with Gasteiger partial charge in [0, 0.05) is 32.2 Å². The Balaban J connectivity index is 2.33. The molecule has 314 valence electrons. The van der Waals surface area contributed by atoms with E-state index >= 15 is 0 Å². The summed E-state index contributed by atoms with van der Waals surface area (Å²) in [6.45, 7) is 7.51. The molecule has 3 atom stereocenters. The molecule has 1 aromatic heterocycles. The number of allylic oxidation sites excluding steroid dienone is 8. The maximum atomic E-state index is 12.6. The molecule has 1 heterocycles. The van der Waals surface area contributed by atoms with Crippen molar-refractivity contribution >= 4 is 19.8 Å². The number of aliphatic hydroxyl groups is 1. The van der Waals surface area contributed by atoms with Crippen molar-refractivity contribution in [3.8, 4) is 0 Å². The summed E-state index contributed by atoms with van der Waals surface area (Å²) in [4.78, 5) is 34.9. The number of esters is 2. The van der Waals surface area contributed by atoms with Gasteiger partial charge in [0.25, 0.3) is 0 Å². The van der Waals surface area contributed by atoms with E-state index in [4.69, 9.17) is 28.7 Å². The molecular formula is C43H72NO10P. The molecule has 0 saturated carbocycles. The van der Waals surface area contributed by atoms with E-state index < -0.39 is 32.5 Å². The largest absolute Gasteiger partial charge is 0.472 e. The minimum Gasteiger partial charge on any atom is -0.466 e. The lowest BCUT2D eigenvalue weighted by atomic mass is 10.0. The van der Waals surface area contributed by atoms with Crippen LogP contribution in [0.25, 0.3) is 0 Å². The molecule has 11 nitrogen and oxygen atoms in total. The molecule has 0 amide bonds. The molecule has 0 bridgehead atoms. The van der Waals surface area contributed by atoms with Gasteiger partial charge in [-0.1, -0.05) is 88.1 Å². The number of hydrogen-bond acceptors (Lipinski definition) is 10. The number of ether oxygens (including phenoxy) is 2. The van der Waals surface area contributed by atoms with E-state index in [1.165, 1.54) is 11.1 Å². The molecule has 0 aliphatic heterocycles. The highest BCUT2D eigenvalue weighted by atomic mass is 31.2. The highest BCUT2D eigenvalue weighted by Crippen LogP contribution is 2.43. The number of aliphatic hydroxyl groups excluding tert-OH is 1. The van der Waals surface area contributed by atoms with Gasteiger partial charge < -0.3 is 29.6 Å². The number of carbonyl (C=O) groups is 2. The number of carbonyl (C=O) groups excluding carboxylic acids is 2. The third-order valence-electron chi connectivity index (χ3n) is 9.05. The van der Waals surface area contributed by atoms with Gasteiger partial charge in [0.05, 0.1) is 19.3 Å². The Kier molecular flexibility index (Phi) is 29.5. The van der Waals surface area contributed by atoms with Gasteiger partial charge in [-0.2, -0.15) is 0 Å². The van der Waals surface area contributed by atoms with Crippen LogP contribution in [0.5, 0.6) is 0 Å². The van der Waals surface area contributed by atoms with E-state index in [-0.39, 0.29) is 38.7 Å². The van der Waals surface area contributed by atoms with Crippen molar-refractivity contribution in [3.05, 3.63) is 71.3 Å². The molecule has 0 fully saturated rings. The van der Waals surface area contributed by atoms with Crippen LogP contribution < -0.4 is 5.73 Å². The van der Waals surface area contributed by atoms with Crippen molar-refractivity contribution in [1.82, 2.24) is 0 Å². The van der Waals surface area contributed by atoms with E-state index in [2.05, 4.69) is 57.2 Å². The standard InChI is InChI=1S/C43H72NO10P/c1-5-27-40-36(3)37(4)41(54-40)29-24-20-17-18-21-25-30-42(46)50-34-39(35-52-55(48,49)51-33-32-44)53-43(47)31-26-22-16-14-12-10-8-7-9-11-13-15-19-23-28-38(45)6-2/h8-11,14-16,19,38-39,45H,5-7,12-13,17-18,20-35,44H2,1-4H3,(H,48,49)/b10-8-,11-9-,16-14-,19-15-/t38-,39-/m1/s1. The second-order valence-electron chi connectivity index (χ2n) is 13.9. The molecule has 0 aromatic carbocycles. The van der Waals surface area contributed by atoms with Gasteiger partial charge in [-0.05, 0) is 95.6 Å². The molecule has 0 radical (unpaired) electrons. The highest BCUT2D eigenvalue weighted by molar-refractivity contribution is 7.47. The second kappa shape index (κ2) is 32.3. The Hall–Kier alpha value is -2.79. The molecule has 0 saturated heterocycles. The number of phosphoric ester groups is 1. The molecule has 1 rings (SSSR count). The fraction of sp³-hybridized carbons (Fsp3) is 0.674. The summed E-state index contributed by atoms with van der Waals surface area (Å²) in [6, 6.07) is 0. The van der Waals surface area contributed by atoms with Crippen molar-refractivity contribution in [1.29, 1.82) is 0 Å². The summed E-state index contributed by atoms with van der Waals surface area (Å²) in [5.41, 5.74) is 7.90. The molecule has 1 unspecified atom stereocenters. The first-order chi connectivity index (χ1) is 26.5. The van der Waals surface area contributed by atoms with Crippen molar-refractivity contribution in [2.24, 2.45) is 5.73 Å². The molecule has 4 N–H and O–H groups in total. The fourth-order valence-electron chi connectivity index (χ4n) is 5.59. The lowest BCUT2D eigenvalue weighted by Crippen LogP contribution is -2.29. The van der Waals surface area contributed by atoms with Gasteiger partial charge in [-0.25, -0.2) is 4.57 Å². The third kappa shape index (κ3) is 26.7. The summed E-state index contributed by atoms with van der Waals surface area (Å²) in [6.07, 6.45) is 31.0. The van der Waals surface area contributed by atoms with Crippen molar-refractivity contribution in [2.75, 3.05) is 26.4 Å². The normalized spacial score (nSPS) is 14.4. The van der Waals surface area contributed by atoms with Crippen LogP contribution >= 0.6 is 7.82 Å². The first-order valence-electron chi connectivity index (χ1n) is 20.6. The topological polar surface area (TPSA) is 168 Å². The fourth-order valence-corrected chi connectivity index (χ4v) is 6.36. The van der Waals surface area contributed by atoms with Gasteiger partial charge in [-0.3, -0.25) is 18.6 Å². The molecule has 0 spiro atoms. The number of phosphoric acid groups is 1. The predicted molar refractivity (Wildman–Crippen MR) is 220 cm³/mol. The van der Waals surface area contributed by atoms with Gasteiger partial charge in [0.15, 0.2) is 6.10 Å². The van der Waals surface area contributed by atoms with Gasteiger partial charge in [0.1, 0.15) is 18.1 Å². The Morgan fingerprint density at radius 1 is 0.745 bits per heavy atom. The summed E-state index contributed by atoms with van der Waals surface area (Å²) in [7, 11) is -4.41. The van der Waals surface area contributed by atoms with E-state index in [1.807, 2.05) is 19.1 Å². The Morgan fingerprint density at radius 2 is 1.31 bits per heavy atom. The Morgan fingerprint density at radius 3 is 1.93 bits per heavy atom. The number of aryl methyl sites for hydroxylation is 2. The van der Waals surface area contributed by atoms with Gasteiger partial charge in [-0.15, -0.1) is 0 Å². The predicted octanol–water partition coefficient (Wildman–Crippen LogP) is 9.79. The number of rotatable bonds is 34. The lowest BCUT2D eigenvalue weighted by Gasteiger charge is -2.19. The van der Waals surface area contributed by atoms with E-state index in [0.29, 0.717) is 19.3 Å². The molecule has 1 aromatic rings. The first-order valence-corrected chi connectivity index (χ1v) is 22.0. The van der Waals surface area contributed by atoms with Crippen LogP contribution in [0, 0.1) is 13.8 Å².